The van der Waals surface area contributed by atoms with Crippen molar-refractivity contribution in [3.05, 3.63) is 41.5 Å². The Labute approximate surface area is 150 Å². The summed E-state index contributed by atoms with van der Waals surface area (Å²) in [4.78, 5) is 30.1. The van der Waals surface area contributed by atoms with E-state index in [2.05, 4.69) is 15.0 Å². The Morgan fingerprint density at radius 1 is 1.50 bits per heavy atom. The fraction of sp³-hybridized carbons (Fsp3) is 0.389. The lowest BCUT2D eigenvalue weighted by Gasteiger charge is -2.33. The van der Waals surface area contributed by atoms with E-state index in [9.17, 15) is 14.0 Å². The fourth-order valence-electron chi connectivity index (χ4n) is 2.93. The topological polar surface area (TPSA) is 84.7 Å². The van der Waals surface area contributed by atoms with Crippen LogP contribution in [-0.4, -0.2) is 48.0 Å². The maximum Gasteiger partial charge on any atom is 0.307 e. The summed E-state index contributed by atoms with van der Waals surface area (Å²) in [7, 11) is 1.29. The number of piperazine rings is 1. The predicted molar refractivity (Wildman–Crippen MR) is 90.5 cm³/mol. The average Bonchev–Trinajstić information content (AvgIpc) is 2.98. The molecule has 138 valence electrons. The van der Waals surface area contributed by atoms with Gasteiger partial charge in [0.15, 0.2) is 0 Å². The zero-order chi connectivity index (χ0) is 18.7. The lowest BCUT2D eigenvalue weighted by atomic mass is 10.1. The summed E-state index contributed by atoms with van der Waals surface area (Å²) < 4.78 is 23.8. The molecule has 2 heterocycles. The van der Waals surface area contributed by atoms with E-state index in [1.54, 1.807) is 19.1 Å². The Balaban J connectivity index is 1.80. The average molecular weight is 361 g/mol. The molecule has 1 atom stereocenters. The molecule has 7 nitrogen and oxygen atoms in total. The number of esters is 1. The predicted octanol–water partition coefficient (Wildman–Crippen LogP) is 1.65. The molecule has 1 saturated heterocycles. The molecule has 1 aliphatic rings. The van der Waals surface area contributed by atoms with Crippen LogP contribution in [0.4, 0.5) is 4.39 Å². The molecular weight excluding hydrogens is 341 g/mol. The first-order valence-corrected chi connectivity index (χ1v) is 8.28. The van der Waals surface area contributed by atoms with Crippen LogP contribution in [0.2, 0.25) is 0 Å². The van der Waals surface area contributed by atoms with Gasteiger partial charge in [-0.25, -0.2) is 9.37 Å². The summed E-state index contributed by atoms with van der Waals surface area (Å²) in [5.41, 5.74) is 1.19. The van der Waals surface area contributed by atoms with Gasteiger partial charge in [0.25, 0.3) is 0 Å². The number of halogens is 1. The van der Waals surface area contributed by atoms with Gasteiger partial charge in [-0.3, -0.25) is 14.5 Å². The Bertz CT molecular complexity index is 821. The van der Waals surface area contributed by atoms with Crippen molar-refractivity contribution in [1.82, 2.24) is 15.2 Å². The van der Waals surface area contributed by atoms with Crippen molar-refractivity contribution in [2.45, 2.75) is 25.9 Å². The number of rotatable bonds is 5. The number of nitrogens with zero attached hydrogens (tertiary/aromatic N) is 2. The number of benzene rings is 1. The number of nitrogens with one attached hydrogen (secondary N) is 1. The monoisotopic (exact) mass is 361 g/mol. The Morgan fingerprint density at radius 2 is 2.31 bits per heavy atom. The molecule has 1 aromatic carbocycles. The van der Waals surface area contributed by atoms with Crippen LogP contribution in [0.25, 0.3) is 11.5 Å². The number of carbonyl (C=O) groups excluding carboxylic acids is 2. The maximum atomic E-state index is 13.4. The lowest BCUT2D eigenvalue weighted by molar-refractivity contribution is -0.146. The van der Waals surface area contributed by atoms with E-state index >= 15 is 0 Å². The van der Waals surface area contributed by atoms with Gasteiger partial charge in [0, 0.05) is 25.2 Å². The lowest BCUT2D eigenvalue weighted by Crippen LogP contribution is -2.55. The minimum Gasteiger partial charge on any atom is -0.469 e. The van der Waals surface area contributed by atoms with E-state index in [4.69, 9.17) is 4.42 Å². The zero-order valence-electron chi connectivity index (χ0n) is 14.6. The van der Waals surface area contributed by atoms with Gasteiger partial charge in [-0.05, 0) is 25.1 Å². The van der Waals surface area contributed by atoms with E-state index in [1.807, 2.05) is 4.90 Å². The highest BCUT2D eigenvalue weighted by Gasteiger charge is 2.33. The van der Waals surface area contributed by atoms with Crippen LogP contribution in [-0.2, 0) is 20.9 Å². The molecule has 0 saturated carbocycles. The molecule has 8 heteroatoms. The summed E-state index contributed by atoms with van der Waals surface area (Å²) >= 11 is 0. The first-order valence-electron chi connectivity index (χ1n) is 8.28. The second-order valence-corrected chi connectivity index (χ2v) is 6.09. The molecule has 2 aromatic rings. The molecule has 3 rings (SSSR count). The van der Waals surface area contributed by atoms with Crippen LogP contribution in [0, 0.1) is 12.7 Å². The van der Waals surface area contributed by atoms with Crippen molar-refractivity contribution < 1.29 is 23.1 Å². The molecule has 1 unspecified atom stereocenters. The third-order valence-electron chi connectivity index (χ3n) is 4.35. The number of ether oxygens (including phenoxy) is 1. The summed E-state index contributed by atoms with van der Waals surface area (Å²) in [6.45, 7) is 3.18. The second-order valence-electron chi connectivity index (χ2n) is 6.09. The van der Waals surface area contributed by atoms with Crippen molar-refractivity contribution in [2.75, 3.05) is 20.2 Å². The van der Waals surface area contributed by atoms with E-state index in [1.165, 1.54) is 19.2 Å². The minimum absolute atomic E-state index is 0.0318. The van der Waals surface area contributed by atoms with Crippen molar-refractivity contribution in [3.63, 3.8) is 0 Å². The van der Waals surface area contributed by atoms with Gasteiger partial charge in [-0.2, -0.15) is 0 Å². The van der Waals surface area contributed by atoms with Gasteiger partial charge in [0.1, 0.15) is 17.6 Å². The number of oxazole rings is 1. The van der Waals surface area contributed by atoms with Gasteiger partial charge in [-0.1, -0.05) is 6.07 Å². The Hall–Kier alpha value is -2.74. The summed E-state index contributed by atoms with van der Waals surface area (Å²) in [6, 6.07) is 5.38. The highest BCUT2D eigenvalue weighted by molar-refractivity contribution is 5.87. The first-order chi connectivity index (χ1) is 12.5. The SMILES string of the molecule is COC(=O)CC1C(=O)NCCN1Cc1nc(-c2cccc(F)c2)oc1C. The standard InChI is InChI=1S/C18H20FN3O4/c1-11-14(21-18(26-11)12-4-3-5-13(19)8-12)10-22-7-6-20-17(24)15(22)9-16(23)25-2/h3-5,8,15H,6-7,9-10H2,1-2H3,(H,20,24). The van der Waals surface area contributed by atoms with Crippen LogP contribution in [0.1, 0.15) is 17.9 Å². The van der Waals surface area contributed by atoms with Crippen LogP contribution < -0.4 is 5.32 Å². The van der Waals surface area contributed by atoms with Gasteiger partial charge in [0.2, 0.25) is 11.8 Å². The number of methoxy groups -OCH3 is 1. The van der Waals surface area contributed by atoms with E-state index < -0.39 is 12.0 Å². The molecule has 0 aliphatic carbocycles. The van der Waals surface area contributed by atoms with Gasteiger partial charge in [-0.15, -0.1) is 0 Å². The molecule has 1 N–H and O–H groups in total. The van der Waals surface area contributed by atoms with E-state index in [-0.39, 0.29) is 18.1 Å². The first kappa shape index (κ1) is 18.1. The molecular formula is C18H20FN3O4. The molecule has 0 radical (unpaired) electrons. The highest BCUT2D eigenvalue weighted by Crippen LogP contribution is 2.24. The number of amides is 1. The number of aromatic nitrogens is 1. The van der Waals surface area contributed by atoms with Crippen molar-refractivity contribution in [3.8, 4) is 11.5 Å². The molecule has 26 heavy (non-hydrogen) atoms. The second kappa shape index (κ2) is 7.65. The number of hydrogen-bond acceptors (Lipinski definition) is 6. The molecule has 1 aliphatic heterocycles. The zero-order valence-corrected chi connectivity index (χ0v) is 14.6. The normalized spacial score (nSPS) is 17.8. The van der Waals surface area contributed by atoms with Crippen LogP contribution >= 0.6 is 0 Å². The number of aryl methyl sites for hydroxylation is 1. The Kier molecular flexibility index (Phi) is 5.32. The van der Waals surface area contributed by atoms with Gasteiger partial charge in [0.05, 0.1) is 19.2 Å². The molecule has 0 bridgehead atoms. The highest BCUT2D eigenvalue weighted by atomic mass is 19.1. The molecule has 1 amide bonds. The van der Waals surface area contributed by atoms with E-state index in [0.29, 0.717) is 42.5 Å². The van der Waals surface area contributed by atoms with Gasteiger partial charge < -0.3 is 14.5 Å². The van der Waals surface area contributed by atoms with Crippen LogP contribution in [0.15, 0.2) is 28.7 Å². The minimum atomic E-state index is -0.620. The van der Waals surface area contributed by atoms with Gasteiger partial charge >= 0.3 is 5.97 Å². The third-order valence-corrected chi connectivity index (χ3v) is 4.35. The Morgan fingerprint density at radius 3 is 3.04 bits per heavy atom. The summed E-state index contributed by atoms with van der Waals surface area (Å²) in [5, 5.41) is 2.76. The molecule has 0 spiro atoms. The van der Waals surface area contributed by atoms with Crippen molar-refractivity contribution in [1.29, 1.82) is 0 Å². The number of hydrogen-bond donors (Lipinski definition) is 1. The van der Waals surface area contributed by atoms with Crippen molar-refractivity contribution in [2.24, 2.45) is 0 Å². The third kappa shape index (κ3) is 3.91. The summed E-state index contributed by atoms with van der Waals surface area (Å²) in [6.07, 6.45) is -0.0318. The van der Waals surface area contributed by atoms with Crippen LogP contribution in [0.3, 0.4) is 0 Å². The largest absolute Gasteiger partial charge is 0.469 e. The summed E-state index contributed by atoms with van der Waals surface area (Å²) in [5.74, 6) is -0.122. The van der Waals surface area contributed by atoms with Crippen molar-refractivity contribution >= 4 is 11.9 Å². The maximum absolute atomic E-state index is 13.4. The van der Waals surface area contributed by atoms with E-state index in [0.717, 1.165) is 0 Å². The number of carbonyl (C=O) groups is 2. The fourth-order valence-corrected chi connectivity index (χ4v) is 2.93. The van der Waals surface area contributed by atoms with Crippen LogP contribution in [0.5, 0.6) is 0 Å². The quantitative estimate of drug-likeness (QED) is 0.816. The molecule has 1 fully saturated rings. The molecule has 1 aromatic heterocycles. The smallest absolute Gasteiger partial charge is 0.307 e.